The molecule has 0 saturated carbocycles. The zero-order valence-corrected chi connectivity index (χ0v) is 15.1. The van der Waals surface area contributed by atoms with Crippen molar-refractivity contribution >= 4 is 11.9 Å². The number of carbonyl (C=O) groups excluding carboxylic acids is 1. The Bertz CT molecular complexity index is 897. The number of carbonyl (C=O) groups is 1. The largest absolute Gasteiger partial charge is 0.507 e. The first-order chi connectivity index (χ1) is 12.5. The van der Waals surface area contributed by atoms with Crippen LogP contribution in [-0.4, -0.2) is 32.1 Å². The van der Waals surface area contributed by atoms with Crippen LogP contribution in [-0.2, 0) is 6.54 Å². The van der Waals surface area contributed by atoms with Crippen molar-refractivity contribution in [3.8, 4) is 17.2 Å². The highest BCUT2D eigenvalue weighted by Gasteiger charge is 2.31. The lowest BCUT2D eigenvalue weighted by Crippen LogP contribution is -3.04. The Morgan fingerprint density at radius 2 is 1.96 bits per heavy atom. The number of quaternary nitrogens is 1. The number of ketones is 1. The summed E-state index contributed by atoms with van der Waals surface area (Å²) in [4.78, 5) is 13.7. The third kappa shape index (κ3) is 3.48. The lowest BCUT2D eigenvalue weighted by atomic mass is 10.0. The fourth-order valence-electron chi connectivity index (χ4n) is 2.88. The van der Waals surface area contributed by atoms with Gasteiger partial charge in [0.1, 0.15) is 18.0 Å². The summed E-state index contributed by atoms with van der Waals surface area (Å²) in [6.07, 6.45) is 5.25. The third-order valence-corrected chi connectivity index (χ3v) is 4.11. The van der Waals surface area contributed by atoms with E-state index in [4.69, 9.17) is 9.47 Å². The number of methoxy groups -OCH3 is 1. The van der Waals surface area contributed by atoms with Crippen molar-refractivity contribution in [1.29, 1.82) is 0 Å². The lowest BCUT2D eigenvalue weighted by Gasteiger charge is -2.11. The van der Waals surface area contributed by atoms with E-state index >= 15 is 0 Å². The highest BCUT2D eigenvalue weighted by molar-refractivity contribution is 6.12. The van der Waals surface area contributed by atoms with Crippen molar-refractivity contribution in [2.24, 2.45) is 0 Å². The van der Waals surface area contributed by atoms with Crippen molar-refractivity contribution < 1.29 is 24.3 Å². The number of phenolic OH excluding ortho intramolecular Hbond substituents is 1. The van der Waals surface area contributed by atoms with Crippen LogP contribution in [0.25, 0.3) is 6.08 Å². The van der Waals surface area contributed by atoms with E-state index in [1.165, 1.54) is 0 Å². The number of ether oxygens (including phenoxy) is 2. The number of benzene rings is 2. The van der Waals surface area contributed by atoms with Crippen molar-refractivity contribution in [2.45, 2.75) is 6.54 Å². The van der Waals surface area contributed by atoms with Crippen molar-refractivity contribution in [2.75, 3.05) is 21.2 Å². The molecule has 134 valence electrons. The number of rotatable bonds is 5. The predicted molar refractivity (Wildman–Crippen MR) is 99.7 cm³/mol. The number of Topliss-reactive ketones (excluding diaryl/α,β-unsaturated/α-hetero) is 1. The SMILES string of the molecule is COc1ccccc1/C=C/C=C1\Oc2c(ccc(O)c2C[NH+](C)C)C1=O. The van der Waals surface area contributed by atoms with Gasteiger partial charge in [-0.25, -0.2) is 0 Å². The van der Waals surface area contributed by atoms with Crippen LogP contribution in [0, 0.1) is 0 Å². The van der Waals surface area contributed by atoms with Crippen LogP contribution in [0.2, 0.25) is 0 Å². The molecule has 1 heterocycles. The summed E-state index contributed by atoms with van der Waals surface area (Å²) in [5.74, 6) is 1.41. The molecule has 5 nitrogen and oxygen atoms in total. The standard InChI is InChI=1S/C21H21NO4/c1-22(2)13-16-17(23)12-11-15-20(24)19(26-21(15)16)10-6-8-14-7-4-5-9-18(14)25-3/h4-12,23H,13H2,1-3H3/p+1/b8-6+,19-10-. The fourth-order valence-corrected chi connectivity index (χ4v) is 2.88. The normalized spacial score (nSPS) is 14.9. The Hall–Kier alpha value is -3.05. The van der Waals surface area contributed by atoms with Crippen LogP contribution in [0.4, 0.5) is 0 Å². The highest BCUT2D eigenvalue weighted by Crippen LogP contribution is 2.38. The number of para-hydroxylation sites is 1. The molecule has 0 spiro atoms. The molecule has 0 atom stereocenters. The molecule has 26 heavy (non-hydrogen) atoms. The Balaban J connectivity index is 1.88. The number of hydrogen-bond acceptors (Lipinski definition) is 4. The van der Waals surface area contributed by atoms with E-state index in [1.54, 1.807) is 31.4 Å². The van der Waals surface area contributed by atoms with E-state index in [0.29, 0.717) is 23.4 Å². The summed E-state index contributed by atoms with van der Waals surface area (Å²) >= 11 is 0. The number of phenols is 1. The topological polar surface area (TPSA) is 60.2 Å². The molecule has 0 aromatic heterocycles. The van der Waals surface area contributed by atoms with E-state index in [9.17, 15) is 9.90 Å². The Morgan fingerprint density at radius 3 is 2.69 bits per heavy atom. The van der Waals surface area contributed by atoms with Crippen LogP contribution in [0.15, 0.2) is 54.3 Å². The van der Waals surface area contributed by atoms with Gasteiger partial charge in [0.2, 0.25) is 5.78 Å². The average molecular weight is 352 g/mol. The van der Waals surface area contributed by atoms with E-state index in [2.05, 4.69) is 0 Å². The smallest absolute Gasteiger partial charge is 0.231 e. The number of hydrogen-bond donors (Lipinski definition) is 2. The summed E-state index contributed by atoms with van der Waals surface area (Å²) in [5, 5.41) is 10.1. The van der Waals surface area contributed by atoms with Gasteiger partial charge in [0.15, 0.2) is 11.5 Å². The van der Waals surface area contributed by atoms with E-state index < -0.39 is 0 Å². The second kappa shape index (κ2) is 7.45. The van der Waals surface area contributed by atoms with Crippen molar-refractivity contribution in [1.82, 2.24) is 0 Å². The lowest BCUT2D eigenvalue weighted by molar-refractivity contribution is -0.872. The molecule has 0 bridgehead atoms. The van der Waals surface area contributed by atoms with Crippen LogP contribution in [0.3, 0.4) is 0 Å². The Morgan fingerprint density at radius 1 is 1.19 bits per heavy atom. The monoisotopic (exact) mass is 352 g/mol. The molecular weight excluding hydrogens is 330 g/mol. The molecule has 0 radical (unpaired) electrons. The maximum Gasteiger partial charge on any atom is 0.231 e. The first kappa shape index (κ1) is 17.8. The molecule has 0 fully saturated rings. The summed E-state index contributed by atoms with van der Waals surface area (Å²) in [6, 6.07) is 10.8. The van der Waals surface area contributed by atoms with Crippen LogP contribution < -0.4 is 14.4 Å². The maximum absolute atomic E-state index is 12.6. The van der Waals surface area contributed by atoms with Gasteiger partial charge in [0.25, 0.3) is 0 Å². The third-order valence-electron chi connectivity index (χ3n) is 4.11. The molecule has 2 aromatic carbocycles. The van der Waals surface area contributed by atoms with Gasteiger partial charge < -0.3 is 19.5 Å². The highest BCUT2D eigenvalue weighted by atomic mass is 16.5. The molecule has 1 aliphatic heterocycles. The molecule has 3 rings (SSSR count). The van der Waals surface area contributed by atoms with Gasteiger partial charge in [-0.1, -0.05) is 30.4 Å². The fraction of sp³-hybridized carbons (Fsp3) is 0.190. The van der Waals surface area contributed by atoms with Gasteiger partial charge >= 0.3 is 0 Å². The minimum atomic E-state index is -0.181. The second-order valence-corrected chi connectivity index (χ2v) is 6.39. The van der Waals surface area contributed by atoms with Crippen LogP contribution in [0.1, 0.15) is 21.5 Å². The summed E-state index contributed by atoms with van der Waals surface area (Å²) in [5.41, 5.74) is 2.04. The summed E-state index contributed by atoms with van der Waals surface area (Å²) in [7, 11) is 5.57. The van der Waals surface area contributed by atoms with E-state index in [-0.39, 0.29) is 17.3 Å². The quantitative estimate of drug-likeness (QED) is 0.810. The number of aromatic hydroxyl groups is 1. The van der Waals surface area contributed by atoms with Crippen molar-refractivity contribution in [3.63, 3.8) is 0 Å². The van der Waals surface area contributed by atoms with Gasteiger partial charge in [-0.15, -0.1) is 0 Å². The second-order valence-electron chi connectivity index (χ2n) is 6.39. The minimum Gasteiger partial charge on any atom is -0.507 e. The van der Waals surface area contributed by atoms with E-state index in [1.807, 2.05) is 44.4 Å². The van der Waals surface area contributed by atoms with Gasteiger partial charge in [0, 0.05) is 5.56 Å². The first-order valence-electron chi connectivity index (χ1n) is 8.39. The molecule has 2 N–H and O–H groups in total. The van der Waals surface area contributed by atoms with Gasteiger partial charge in [0.05, 0.1) is 32.3 Å². The van der Waals surface area contributed by atoms with Crippen LogP contribution >= 0.6 is 0 Å². The predicted octanol–water partition coefficient (Wildman–Crippen LogP) is 2.22. The number of fused-ring (bicyclic) bond motifs is 1. The zero-order chi connectivity index (χ0) is 18.7. The maximum atomic E-state index is 12.6. The molecule has 2 aromatic rings. The van der Waals surface area contributed by atoms with Gasteiger partial charge in [-0.3, -0.25) is 4.79 Å². The number of nitrogens with one attached hydrogen (secondary N) is 1. The van der Waals surface area contributed by atoms with Crippen molar-refractivity contribution in [3.05, 3.63) is 71.0 Å². The molecule has 0 saturated heterocycles. The summed E-state index contributed by atoms with van der Waals surface area (Å²) < 4.78 is 11.1. The molecule has 0 aliphatic carbocycles. The molecular formula is C21H22NO4+. The Labute approximate surface area is 152 Å². The van der Waals surface area contributed by atoms with Gasteiger partial charge in [-0.05, 0) is 24.3 Å². The molecule has 0 amide bonds. The number of allylic oxidation sites excluding steroid dienone is 3. The molecule has 5 heteroatoms. The van der Waals surface area contributed by atoms with Gasteiger partial charge in [-0.2, -0.15) is 0 Å². The summed E-state index contributed by atoms with van der Waals surface area (Å²) in [6.45, 7) is 0.562. The average Bonchev–Trinajstić information content (AvgIpc) is 2.94. The molecule has 0 unspecified atom stereocenters. The minimum absolute atomic E-state index is 0.142. The van der Waals surface area contributed by atoms with E-state index in [0.717, 1.165) is 16.2 Å². The zero-order valence-electron chi connectivity index (χ0n) is 15.1. The first-order valence-corrected chi connectivity index (χ1v) is 8.39. The Kier molecular flexibility index (Phi) is 5.09. The molecule has 1 aliphatic rings. The van der Waals surface area contributed by atoms with Crippen LogP contribution in [0.5, 0.6) is 17.2 Å².